The first-order valence-electron chi connectivity index (χ1n) is 8.58. The van der Waals surface area contributed by atoms with Crippen molar-refractivity contribution < 1.29 is 27.5 Å². The first-order valence-corrected chi connectivity index (χ1v) is 13.1. The van der Waals surface area contributed by atoms with Gasteiger partial charge in [-0.1, -0.05) is 69.6 Å². The van der Waals surface area contributed by atoms with Gasteiger partial charge in [-0.2, -0.15) is 0 Å². The van der Waals surface area contributed by atoms with Gasteiger partial charge in [0.1, 0.15) is 0 Å². The van der Waals surface area contributed by atoms with Crippen LogP contribution in [0.15, 0.2) is 45.3 Å². The lowest BCUT2D eigenvalue weighted by molar-refractivity contribution is 0.0591. The van der Waals surface area contributed by atoms with Crippen molar-refractivity contribution in [1.29, 1.82) is 0 Å². The summed E-state index contributed by atoms with van der Waals surface area (Å²) < 4.78 is 34.1. The normalized spacial score (nSPS) is 9.94. The maximum absolute atomic E-state index is 11.6. The molecule has 2 aromatic rings. The predicted molar refractivity (Wildman–Crippen MR) is 140 cm³/mol. The van der Waals surface area contributed by atoms with Crippen LogP contribution in [0, 0.1) is 0 Å². The zero-order valence-corrected chi connectivity index (χ0v) is 22.2. The second-order valence-electron chi connectivity index (χ2n) is 5.90. The van der Waals surface area contributed by atoms with Gasteiger partial charge in [0.2, 0.25) is 0 Å². The molecule has 0 bridgehead atoms. The van der Waals surface area contributed by atoms with Crippen molar-refractivity contribution in [3.8, 4) is 0 Å². The van der Waals surface area contributed by atoms with Crippen LogP contribution in [0.4, 0.5) is 0 Å². The van der Waals surface area contributed by atoms with Gasteiger partial charge in [0, 0.05) is 20.0 Å². The minimum Gasteiger partial charge on any atom is -0.465 e. The van der Waals surface area contributed by atoms with Crippen LogP contribution < -0.4 is 0 Å². The number of methoxy groups -OCH3 is 2. The predicted octanol–water partition coefficient (Wildman–Crippen LogP) is 6.57. The molecule has 0 fully saturated rings. The molecule has 0 saturated heterocycles. The van der Waals surface area contributed by atoms with Gasteiger partial charge in [0.15, 0.2) is 9.84 Å². The van der Waals surface area contributed by atoms with Gasteiger partial charge in [0.05, 0.1) is 31.1 Å². The topological polar surface area (TPSA) is 86.7 Å². The lowest BCUT2D eigenvalue weighted by Crippen LogP contribution is -2.12. The molecule has 0 unspecified atom stereocenters. The van der Waals surface area contributed by atoms with Gasteiger partial charge in [-0.05, 0) is 47.5 Å². The van der Waals surface area contributed by atoms with Gasteiger partial charge in [-0.3, -0.25) is 0 Å². The number of ether oxygens (including phenoxy) is 2. The number of carbonyl (C=O) groups excluding carboxylic acids is 2. The Morgan fingerprint density at radius 2 is 1.25 bits per heavy atom. The fourth-order valence-electron chi connectivity index (χ4n) is 2.31. The Hall–Kier alpha value is -1.23. The average molecular weight is 661 g/mol. The molecular weight excluding hydrogens is 632 g/mol. The summed E-state index contributed by atoms with van der Waals surface area (Å²) in [6.07, 6.45) is 0. The highest BCUT2D eigenvalue weighted by molar-refractivity contribution is 9.10. The monoisotopic (exact) mass is 658 g/mol. The van der Waals surface area contributed by atoms with Crippen LogP contribution in [0.3, 0.4) is 0 Å². The molecule has 0 aliphatic heterocycles. The van der Waals surface area contributed by atoms with Gasteiger partial charge in [0.25, 0.3) is 0 Å². The fraction of sp³-hybridized carbons (Fsp3) is 0.364. The molecule has 10 heteroatoms. The van der Waals surface area contributed by atoms with Crippen LogP contribution in [-0.4, -0.2) is 40.3 Å². The molecule has 0 aliphatic rings. The fourth-order valence-corrected chi connectivity index (χ4v) is 4.51. The molecule has 0 aromatic heterocycles. The summed E-state index contributed by atoms with van der Waals surface area (Å²) in [7, 11) is -0.538. The van der Waals surface area contributed by atoms with Crippen LogP contribution in [-0.2, 0) is 30.4 Å². The van der Waals surface area contributed by atoms with Gasteiger partial charge in [-0.25, -0.2) is 18.0 Å². The molecule has 2 aromatic carbocycles. The Bertz CT molecular complexity index is 1010. The smallest absolute Gasteiger partial charge is 0.338 e. The molecule has 0 aliphatic carbocycles. The largest absolute Gasteiger partial charge is 0.465 e. The number of carbonyl (C=O) groups is 2. The standard InChI is InChI=1S/C11H13BrO4S.C9H8Br2O2.2CH4/c1-3-17(14,15)7-8-6-9(12)4-5-10(8)11(13)16-2;1-13-9(12)8-3-2-7(11)4-6(8)5-10;;/h4-6H,3,7H2,1-2H3;2-4H,5H2,1H3;2*1H4. The molecule has 0 heterocycles. The van der Waals surface area contributed by atoms with E-state index in [1.165, 1.54) is 14.2 Å². The van der Waals surface area contributed by atoms with Crippen molar-refractivity contribution in [2.75, 3.05) is 20.0 Å². The summed E-state index contributed by atoms with van der Waals surface area (Å²) in [5.41, 5.74) is 2.25. The zero-order valence-electron chi connectivity index (χ0n) is 16.6. The lowest BCUT2D eigenvalue weighted by Gasteiger charge is -2.08. The average Bonchev–Trinajstić information content (AvgIpc) is 2.72. The van der Waals surface area contributed by atoms with E-state index in [0.29, 0.717) is 16.5 Å². The van der Waals surface area contributed by atoms with Crippen molar-refractivity contribution in [3.63, 3.8) is 0 Å². The molecule has 6 nitrogen and oxygen atoms in total. The van der Waals surface area contributed by atoms with E-state index >= 15 is 0 Å². The summed E-state index contributed by atoms with van der Waals surface area (Å²) in [4.78, 5) is 22.7. The van der Waals surface area contributed by atoms with E-state index in [-0.39, 0.29) is 37.9 Å². The number of rotatable bonds is 6. The van der Waals surface area contributed by atoms with Crippen molar-refractivity contribution in [1.82, 2.24) is 0 Å². The third-order valence-corrected chi connectivity index (χ3v) is 7.13. The zero-order chi connectivity index (χ0) is 22.9. The van der Waals surface area contributed by atoms with Gasteiger partial charge >= 0.3 is 11.9 Å². The maximum atomic E-state index is 11.6. The molecule has 32 heavy (non-hydrogen) atoms. The number of hydrogen-bond donors (Lipinski definition) is 0. The molecule has 0 amide bonds. The summed E-state index contributed by atoms with van der Waals surface area (Å²) in [6.45, 7) is 1.57. The number of alkyl halides is 1. The Morgan fingerprint density at radius 3 is 1.62 bits per heavy atom. The maximum Gasteiger partial charge on any atom is 0.338 e. The van der Waals surface area contributed by atoms with E-state index in [0.717, 1.165) is 14.5 Å². The van der Waals surface area contributed by atoms with Crippen LogP contribution in [0.2, 0.25) is 0 Å². The molecule has 0 N–H and O–H groups in total. The highest BCUT2D eigenvalue weighted by Crippen LogP contribution is 2.21. The molecule has 0 saturated carbocycles. The number of benzene rings is 2. The van der Waals surface area contributed by atoms with E-state index < -0.39 is 15.8 Å². The Balaban J connectivity index is 0. The molecule has 180 valence electrons. The van der Waals surface area contributed by atoms with E-state index in [1.54, 1.807) is 31.2 Å². The first-order chi connectivity index (χ1) is 14.1. The van der Waals surface area contributed by atoms with Crippen molar-refractivity contribution in [2.45, 2.75) is 32.9 Å². The number of sulfone groups is 1. The van der Waals surface area contributed by atoms with Gasteiger partial charge < -0.3 is 9.47 Å². The quantitative estimate of drug-likeness (QED) is 0.257. The Morgan fingerprint density at radius 1 is 0.844 bits per heavy atom. The number of hydrogen-bond acceptors (Lipinski definition) is 6. The second-order valence-corrected chi connectivity index (χ2v) is 10.6. The summed E-state index contributed by atoms with van der Waals surface area (Å²) in [5.74, 6) is -0.950. The molecule has 0 radical (unpaired) electrons. The SMILES string of the molecule is C.C.CCS(=O)(=O)Cc1cc(Br)ccc1C(=O)OC.COC(=O)c1ccc(Br)cc1CBr. The molecule has 2 rings (SSSR count). The number of halogens is 3. The third kappa shape index (κ3) is 10.1. The molecule has 0 spiro atoms. The molecule has 0 atom stereocenters. The van der Waals surface area contributed by atoms with E-state index in [2.05, 4.69) is 57.3 Å². The minimum atomic E-state index is -3.18. The summed E-state index contributed by atoms with van der Waals surface area (Å²) in [5, 5.41) is 0.636. The van der Waals surface area contributed by atoms with Crippen LogP contribution in [0.25, 0.3) is 0 Å². The Labute approximate surface area is 216 Å². The lowest BCUT2D eigenvalue weighted by atomic mass is 10.1. The van der Waals surface area contributed by atoms with Gasteiger partial charge in [-0.15, -0.1) is 0 Å². The van der Waals surface area contributed by atoms with Crippen molar-refractivity contribution >= 4 is 69.6 Å². The number of esters is 2. The van der Waals surface area contributed by atoms with Crippen molar-refractivity contribution in [2.24, 2.45) is 0 Å². The highest BCUT2D eigenvalue weighted by atomic mass is 79.9. The van der Waals surface area contributed by atoms with E-state index in [1.807, 2.05) is 12.1 Å². The highest BCUT2D eigenvalue weighted by Gasteiger charge is 2.17. The van der Waals surface area contributed by atoms with Crippen LogP contribution in [0.5, 0.6) is 0 Å². The van der Waals surface area contributed by atoms with Crippen LogP contribution >= 0.6 is 47.8 Å². The third-order valence-electron chi connectivity index (χ3n) is 3.90. The van der Waals surface area contributed by atoms with E-state index in [9.17, 15) is 18.0 Å². The summed E-state index contributed by atoms with van der Waals surface area (Å²) >= 11 is 9.90. The van der Waals surface area contributed by atoms with Crippen LogP contribution in [0.1, 0.15) is 53.6 Å². The molecular formula is C22H29Br3O6S. The van der Waals surface area contributed by atoms with Crippen molar-refractivity contribution in [3.05, 3.63) is 67.6 Å². The summed E-state index contributed by atoms with van der Waals surface area (Å²) in [6, 6.07) is 10.3. The first kappa shape index (κ1) is 32.9. The Kier molecular flexibility index (Phi) is 16.0. The van der Waals surface area contributed by atoms with E-state index in [4.69, 9.17) is 0 Å². The second kappa shape index (κ2) is 15.6. The minimum absolute atomic E-state index is 0.